The number of morpholine rings is 1. The zero-order chi connectivity index (χ0) is 30.6. The molecule has 0 saturated carbocycles. The maximum Gasteiger partial charge on any atom is 0.408 e. The van der Waals surface area contributed by atoms with Crippen LogP contribution in [0.5, 0.6) is 0 Å². The number of fused-ring (bicyclic) bond motifs is 1. The number of hydrogen-bond donors (Lipinski definition) is 2. The van der Waals surface area contributed by atoms with Gasteiger partial charge in [0.25, 0.3) is 6.02 Å². The van der Waals surface area contributed by atoms with E-state index >= 15 is 4.39 Å². The van der Waals surface area contributed by atoms with Gasteiger partial charge in [0.15, 0.2) is 24.1 Å². The van der Waals surface area contributed by atoms with Crippen molar-refractivity contribution in [1.82, 2.24) is 19.9 Å². The van der Waals surface area contributed by atoms with Crippen LogP contribution in [0.25, 0.3) is 0 Å². The largest absolute Gasteiger partial charge is 0.457 e. The molecule has 11 nitrogen and oxygen atoms in total. The van der Waals surface area contributed by atoms with E-state index in [4.69, 9.17) is 14.9 Å². The number of amides is 1. The van der Waals surface area contributed by atoms with Gasteiger partial charge in [-0.05, 0) is 40.5 Å². The predicted octanol–water partition coefficient (Wildman–Crippen LogP) is 4.10. The van der Waals surface area contributed by atoms with Gasteiger partial charge in [0, 0.05) is 32.7 Å². The number of carbonyl (C=O) groups excluding carboxylic acids is 1. The number of amidine groups is 1. The van der Waals surface area contributed by atoms with Crippen molar-refractivity contribution in [1.29, 1.82) is 5.41 Å². The van der Waals surface area contributed by atoms with Gasteiger partial charge >= 0.3 is 6.18 Å². The van der Waals surface area contributed by atoms with E-state index in [1.807, 2.05) is 13.8 Å². The molecule has 2 aromatic rings. The van der Waals surface area contributed by atoms with Crippen LogP contribution >= 0.6 is 0 Å². The fourth-order valence-electron chi connectivity index (χ4n) is 5.89. The number of anilines is 4. The minimum Gasteiger partial charge on any atom is -0.457 e. The maximum atomic E-state index is 15.5. The Morgan fingerprint density at radius 2 is 1.90 bits per heavy atom. The molecule has 3 atom stereocenters. The molecule has 15 heteroatoms. The molecule has 2 fully saturated rings. The van der Waals surface area contributed by atoms with Gasteiger partial charge in [-0.3, -0.25) is 15.1 Å². The van der Waals surface area contributed by atoms with Gasteiger partial charge in [0.1, 0.15) is 17.7 Å². The van der Waals surface area contributed by atoms with Gasteiger partial charge in [0.2, 0.25) is 5.91 Å². The van der Waals surface area contributed by atoms with Crippen LogP contribution in [0.1, 0.15) is 51.9 Å². The van der Waals surface area contributed by atoms with Crippen LogP contribution in [0.3, 0.4) is 0 Å². The lowest BCUT2D eigenvalue weighted by atomic mass is 9.87. The normalized spacial score (nSPS) is 23.8. The molecule has 5 rings (SSSR count). The van der Waals surface area contributed by atoms with E-state index in [9.17, 15) is 18.0 Å². The Morgan fingerprint density at radius 3 is 2.52 bits per heavy atom. The Kier molecular flexibility index (Phi) is 7.66. The second kappa shape index (κ2) is 10.8. The number of carbonyl (C=O) groups is 1. The summed E-state index contributed by atoms with van der Waals surface area (Å²) in [6, 6.07) is -1.19. The summed E-state index contributed by atoms with van der Waals surface area (Å²) < 4.78 is 66.8. The van der Waals surface area contributed by atoms with Crippen molar-refractivity contribution in [3.63, 3.8) is 0 Å². The molecule has 42 heavy (non-hydrogen) atoms. The quantitative estimate of drug-likeness (QED) is 0.300. The van der Waals surface area contributed by atoms with Crippen LogP contribution in [0.4, 0.5) is 40.7 Å². The number of hydrogen-bond acceptors (Lipinski definition) is 9. The number of alkyl halides is 3. The molecule has 2 aromatic heterocycles. The van der Waals surface area contributed by atoms with Crippen molar-refractivity contribution in [3.05, 3.63) is 29.5 Å². The number of pyridine rings is 1. The van der Waals surface area contributed by atoms with Crippen LogP contribution in [0.15, 0.2) is 12.3 Å². The third kappa shape index (κ3) is 5.29. The fourth-order valence-corrected chi connectivity index (χ4v) is 5.89. The predicted molar refractivity (Wildman–Crippen MR) is 146 cm³/mol. The second-order valence-corrected chi connectivity index (χ2v) is 11.4. The Bertz CT molecular complexity index is 1380. The van der Waals surface area contributed by atoms with Gasteiger partial charge < -0.3 is 24.6 Å². The first-order valence-electron chi connectivity index (χ1n) is 13.8. The van der Waals surface area contributed by atoms with E-state index in [0.29, 0.717) is 24.5 Å². The Morgan fingerprint density at radius 1 is 1.21 bits per heavy atom. The van der Waals surface area contributed by atoms with Crippen molar-refractivity contribution >= 4 is 35.1 Å². The third-order valence-corrected chi connectivity index (χ3v) is 7.76. The van der Waals surface area contributed by atoms with Crippen LogP contribution < -0.4 is 15.1 Å². The SMILES string of the molecule is CNc1nc(COC(=N)N2CCC[C@@H]2C(F)(F)F)nc2c1C(C)(C)C(=O)N2c1cnc(N2C[C@@H](C)O[C@@H](C)C2)c(F)c1. The smallest absolute Gasteiger partial charge is 0.408 e. The van der Waals surface area contributed by atoms with E-state index in [-0.39, 0.29) is 60.6 Å². The average molecular weight is 595 g/mol. The highest BCUT2D eigenvalue weighted by Gasteiger charge is 2.49. The lowest BCUT2D eigenvalue weighted by Gasteiger charge is -2.36. The Labute approximate surface area is 240 Å². The lowest BCUT2D eigenvalue weighted by Crippen LogP contribution is -2.46. The van der Waals surface area contributed by atoms with Crippen molar-refractivity contribution in [3.8, 4) is 0 Å². The minimum atomic E-state index is -4.49. The average Bonchev–Trinajstić information content (AvgIpc) is 3.48. The minimum absolute atomic E-state index is 0.0300. The van der Waals surface area contributed by atoms with E-state index in [1.54, 1.807) is 25.8 Å². The summed E-state index contributed by atoms with van der Waals surface area (Å²) in [6.07, 6.45) is -3.12. The molecule has 2 saturated heterocycles. The first-order chi connectivity index (χ1) is 19.7. The Balaban J connectivity index is 1.44. The Hall–Kier alpha value is -3.75. The number of halogens is 4. The zero-order valence-electron chi connectivity index (χ0n) is 24.0. The van der Waals surface area contributed by atoms with E-state index in [0.717, 1.165) is 4.90 Å². The summed E-state index contributed by atoms with van der Waals surface area (Å²) in [5, 5.41) is 11.1. The number of aromatic nitrogens is 3. The molecule has 3 aliphatic heterocycles. The number of rotatable bonds is 5. The van der Waals surface area contributed by atoms with Crippen molar-refractivity contribution in [2.24, 2.45) is 0 Å². The van der Waals surface area contributed by atoms with Crippen molar-refractivity contribution in [2.45, 2.75) is 77.0 Å². The molecule has 0 radical (unpaired) electrons. The highest BCUT2D eigenvalue weighted by atomic mass is 19.4. The van der Waals surface area contributed by atoms with Crippen LogP contribution in [0.2, 0.25) is 0 Å². The number of likely N-dealkylation sites (tertiary alicyclic amines) is 1. The molecule has 3 aliphatic rings. The molecule has 1 amide bonds. The second-order valence-electron chi connectivity index (χ2n) is 11.4. The van der Waals surface area contributed by atoms with Gasteiger partial charge in [0.05, 0.1) is 35.1 Å². The molecule has 228 valence electrons. The summed E-state index contributed by atoms with van der Waals surface area (Å²) in [6.45, 7) is 7.76. The first kappa shape index (κ1) is 29.7. The van der Waals surface area contributed by atoms with E-state index < -0.39 is 36.1 Å². The number of nitrogens with zero attached hydrogens (tertiary/aromatic N) is 6. The van der Waals surface area contributed by atoms with Gasteiger partial charge in [-0.1, -0.05) is 0 Å². The van der Waals surface area contributed by atoms with Crippen LogP contribution in [-0.4, -0.2) is 82.9 Å². The maximum absolute atomic E-state index is 15.5. The molecule has 0 unspecified atom stereocenters. The van der Waals surface area contributed by atoms with E-state index in [2.05, 4.69) is 20.3 Å². The number of ether oxygens (including phenoxy) is 2. The highest BCUT2D eigenvalue weighted by molar-refractivity contribution is 6.12. The van der Waals surface area contributed by atoms with E-state index in [1.165, 1.54) is 17.2 Å². The fraction of sp³-hybridized carbons (Fsp3) is 0.593. The standard InChI is InChI=1S/C27H34F4N8O3/c1-14-11-37(12-15(2)42-14)22-17(28)9-16(10-34-22)39-23-20(26(3,4)24(39)40)21(33-5)35-19(36-23)13-41-25(32)38-8-6-7-18(38)27(29,30)31/h9-10,14-15,18,32H,6-8,11-13H2,1-5H3,(H,33,35,36)/t14-,15+,18-/m1/s1. The molecule has 0 aromatic carbocycles. The van der Waals surface area contributed by atoms with Crippen LogP contribution in [0, 0.1) is 11.2 Å². The molecule has 0 bridgehead atoms. The lowest BCUT2D eigenvalue weighted by molar-refractivity contribution is -0.169. The van der Waals surface area contributed by atoms with Gasteiger partial charge in [-0.2, -0.15) is 13.2 Å². The molecule has 0 spiro atoms. The highest BCUT2D eigenvalue weighted by Crippen LogP contribution is 2.47. The summed E-state index contributed by atoms with van der Waals surface area (Å²) in [4.78, 5) is 30.9. The zero-order valence-corrected chi connectivity index (χ0v) is 24.0. The van der Waals surface area contributed by atoms with Crippen LogP contribution in [-0.2, 0) is 26.3 Å². The number of nitrogens with one attached hydrogen (secondary N) is 2. The first-order valence-corrected chi connectivity index (χ1v) is 13.8. The summed E-state index contributed by atoms with van der Waals surface area (Å²) in [5.41, 5.74) is -0.474. The molecular weight excluding hydrogens is 560 g/mol. The van der Waals surface area contributed by atoms with Gasteiger partial charge in [-0.15, -0.1) is 0 Å². The summed E-state index contributed by atoms with van der Waals surface area (Å²) >= 11 is 0. The monoisotopic (exact) mass is 594 g/mol. The van der Waals surface area contributed by atoms with Crippen molar-refractivity contribution in [2.75, 3.05) is 41.8 Å². The molecular formula is C27H34F4N8O3. The molecule has 2 N–H and O–H groups in total. The third-order valence-electron chi connectivity index (χ3n) is 7.76. The summed E-state index contributed by atoms with van der Waals surface area (Å²) in [5.74, 6) is -0.341. The summed E-state index contributed by atoms with van der Waals surface area (Å²) in [7, 11) is 1.61. The van der Waals surface area contributed by atoms with Crippen molar-refractivity contribution < 1.29 is 31.8 Å². The van der Waals surface area contributed by atoms with Gasteiger partial charge in [-0.25, -0.2) is 19.3 Å². The molecule has 5 heterocycles. The topological polar surface area (TPSA) is 120 Å². The molecule has 0 aliphatic carbocycles.